The molecule has 1 unspecified atom stereocenters. The number of aliphatic hydroxyl groups is 1. The summed E-state index contributed by atoms with van der Waals surface area (Å²) in [4.78, 5) is 0. The highest BCUT2D eigenvalue weighted by Crippen LogP contribution is 2.27. The van der Waals surface area contributed by atoms with Crippen molar-refractivity contribution in [2.75, 3.05) is 6.61 Å². The van der Waals surface area contributed by atoms with Crippen LogP contribution in [0.25, 0.3) is 0 Å². The summed E-state index contributed by atoms with van der Waals surface area (Å²) in [6.07, 6.45) is 3.52. The molecule has 1 atom stereocenters. The number of ether oxygens (including phenoxy) is 1. The lowest BCUT2D eigenvalue weighted by Crippen LogP contribution is -2.30. The zero-order valence-electron chi connectivity index (χ0n) is 8.13. The maximum Gasteiger partial charge on any atom is 0.0695 e. The van der Waals surface area contributed by atoms with Crippen LogP contribution in [-0.4, -0.2) is 23.4 Å². The van der Waals surface area contributed by atoms with Crippen LogP contribution >= 0.6 is 0 Å². The monoisotopic (exact) mass is 170 g/mol. The third-order valence-electron chi connectivity index (χ3n) is 2.05. The van der Waals surface area contributed by atoms with E-state index in [0.29, 0.717) is 0 Å². The van der Waals surface area contributed by atoms with Crippen LogP contribution in [0.4, 0.5) is 0 Å². The van der Waals surface area contributed by atoms with Gasteiger partial charge in [-0.05, 0) is 33.6 Å². The van der Waals surface area contributed by atoms with Gasteiger partial charge in [-0.2, -0.15) is 0 Å². The van der Waals surface area contributed by atoms with E-state index in [-0.39, 0.29) is 11.7 Å². The van der Waals surface area contributed by atoms with Crippen molar-refractivity contribution in [1.29, 1.82) is 0 Å². The Morgan fingerprint density at radius 3 is 2.75 bits per heavy atom. The van der Waals surface area contributed by atoms with Gasteiger partial charge in [0.05, 0.1) is 18.3 Å². The minimum absolute atomic E-state index is 0.0427. The predicted molar refractivity (Wildman–Crippen MR) is 49.0 cm³/mol. The lowest BCUT2D eigenvalue weighted by molar-refractivity contribution is -0.0336. The SMILES string of the molecule is CC(O)/C=C1/CCOC(C)(C)C1. The van der Waals surface area contributed by atoms with Crippen molar-refractivity contribution in [3.63, 3.8) is 0 Å². The number of hydrogen-bond donors (Lipinski definition) is 1. The highest BCUT2D eigenvalue weighted by atomic mass is 16.5. The summed E-state index contributed by atoms with van der Waals surface area (Å²) in [5.41, 5.74) is 1.28. The standard InChI is InChI=1S/C10H18O2/c1-8(11)6-9-4-5-12-10(2,3)7-9/h6,8,11H,4-5,7H2,1-3H3/b9-6-. The van der Waals surface area contributed by atoms with Crippen molar-refractivity contribution >= 4 is 0 Å². The first-order chi connectivity index (χ1) is 5.49. The van der Waals surface area contributed by atoms with Crippen molar-refractivity contribution in [3.8, 4) is 0 Å². The van der Waals surface area contributed by atoms with Gasteiger partial charge in [0.2, 0.25) is 0 Å². The summed E-state index contributed by atoms with van der Waals surface area (Å²) < 4.78 is 5.55. The van der Waals surface area contributed by atoms with E-state index in [2.05, 4.69) is 13.8 Å². The molecule has 1 fully saturated rings. The van der Waals surface area contributed by atoms with Gasteiger partial charge in [-0.1, -0.05) is 11.6 Å². The van der Waals surface area contributed by atoms with E-state index >= 15 is 0 Å². The highest BCUT2D eigenvalue weighted by Gasteiger charge is 2.24. The number of aliphatic hydroxyl groups excluding tert-OH is 1. The molecule has 0 spiro atoms. The van der Waals surface area contributed by atoms with Crippen molar-refractivity contribution in [3.05, 3.63) is 11.6 Å². The third kappa shape index (κ3) is 2.95. The van der Waals surface area contributed by atoms with E-state index < -0.39 is 0 Å². The molecular formula is C10H18O2. The molecular weight excluding hydrogens is 152 g/mol. The van der Waals surface area contributed by atoms with Gasteiger partial charge < -0.3 is 9.84 Å². The Balaban J connectivity index is 2.58. The second-order valence-electron chi connectivity index (χ2n) is 4.10. The lowest BCUT2D eigenvalue weighted by Gasteiger charge is -2.32. The van der Waals surface area contributed by atoms with Gasteiger partial charge in [-0.25, -0.2) is 0 Å². The molecule has 0 aromatic rings. The fourth-order valence-electron chi connectivity index (χ4n) is 1.63. The number of hydrogen-bond acceptors (Lipinski definition) is 2. The first-order valence-corrected chi connectivity index (χ1v) is 4.51. The summed E-state index contributed by atoms with van der Waals surface area (Å²) in [5, 5.41) is 9.16. The van der Waals surface area contributed by atoms with Gasteiger partial charge in [0.15, 0.2) is 0 Å². The molecule has 0 saturated carbocycles. The molecule has 0 aliphatic carbocycles. The first-order valence-electron chi connectivity index (χ1n) is 4.51. The topological polar surface area (TPSA) is 29.5 Å². The molecule has 1 aliphatic heterocycles. The van der Waals surface area contributed by atoms with Crippen LogP contribution in [0, 0.1) is 0 Å². The quantitative estimate of drug-likeness (QED) is 0.609. The molecule has 1 aliphatic rings. The van der Waals surface area contributed by atoms with E-state index in [1.54, 1.807) is 6.92 Å². The Morgan fingerprint density at radius 2 is 2.25 bits per heavy atom. The van der Waals surface area contributed by atoms with Gasteiger partial charge in [0.1, 0.15) is 0 Å². The van der Waals surface area contributed by atoms with E-state index in [0.717, 1.165) is 19.4 Å². The third-order valence-corrected chi connectivity index (χ3v) is 2.05. The zero-order chi connectivity index (χ0) is 9.19. The summed E-state index contributed by atoms with van der Waals surface area (Å²) in [7, 11) is 0. The fourth-order valence-corrected chi connectivity index (χ4v) is 1.63. The largest absolute Gasteiger partial charge is 0.389 e. The average Bonchev–Trinajstić information content (AvgIpc) is 1.82. The van der Waals surface area contributed by atoms with Crippen LogP contribution in [0.5, 0.6) is 0 Å². The van der Waals surface area contributed by atoms with Crippen molar-refractivity contribution in [2.45, 2.75) is 45.3 Å². The molecule has 1 rings (SSSR count). The smallest absolute Gasteiger partial charge is 0.0695 e. The molecule has 0 amide bonds. The molecule has 0 aromatic carbocycles. The van der Waals surface area contributed by atoms with Crippen LogP contribution < -0.4 is 0 Å². The molecule has 1 N–H and O–H groups in total. The lowest BCUT2D eigenvalue weighted by atomic mass is 9.93. The van der Waals surface area contributed by atoms with E-state index in [1.807, 2.05) is 6.08 Å². The maximum absolute atomic E-state index is 9.16. The second kappa shape index (κ2) is 3.58. The summed E-state index contributed by atoms with van der Waals surface area (Å²) >= 11 is 0. The van der Waals surface area contributed by atoms with Gasteiger partial charge in [-0.15, -0.1) is 0 Å². The molecule has 0 bridgehead atoms. The molecule has 1 heterocycles. The average molecular weight is 170 g/mol. The van der Waals surface area contributed by atoms with Crippen LogP contribution in [0.2, 0.25) is 0 Å². The van der Waals surface area contributed by atoms with Gasteiger partial charge >= 0.3 is 0 Å². The summed E-state index contributed by atoms with van der Waals surface area (Å²) in [6, 6.07) is 0. The Morgan fingerprint density at radius 1 is 1.58 bits per heavy atom. The molecule has 12 heavy (non-hydrogen) atoms. The Kier molecular flexibility index (Phi) is 2.91. The minimum atomic E-state index is -0.325. The van der Waals surface area contributed by atoms with E-state index in [4.69, 9.17) is 9.84 Å². The minimum Gasteiger partial charge on any atom is -0.389 e. The molecule has 2 heteroatoms. The fraction of sp³-hybridized carbons (Fsp3) is 0.800. The molecule has 0 radical (unpaired) electrons. The van der Waals surface area contributed by atoms with Gasteiger partial charge in [0.25, 0.3) is 0 Å². The Labute approximate surface area is 74.2 Å². The highest BCUT2D eigenvalue weighted by molar-refractivity contribution is 5.09. The van der Waals surface area contributed by atoms with Crippen molar-refractivity contribution < 1.29 is 9.84 Å². The van der Waals surface area contributed by atoms with Crippen LogP contribution in [0.3, 0.4) is 0 Å². The predicted octanol–water partition coefficient (Wildman–Crippen LogP) is 1.88. The van der Waals surface area contributed by atoms with Crippen molar-refractivity contribution in [2.24, 2.45) is 0 Å². The molecule has 1 saturated heterocycles. The normalized spacial score (nSPS) is 28.8. The van der Waals surface area contributed by atoms with Crippen LogP contribution in [0.15, 0.2) is 11.6 Å². The molecule has 70 valence electrons. The molecule has 2 nitrogen and oxygen atoms in total. The number of rotatable bonds is 1. The zero-order valence-corrected chi connectivity index (χ0v) is 8.13. The summed E-state index contributed by atoms with van der Waals surface area (Å²) in [6.45, 7) is 6.74. The van der Waals surface area contributed by atoms with Gasteiger partial charge in [-0.3, -0.25) is 0 Å². The van der Waals surface area contributed by atoms with Crippen molar-refractivity contribution in [1.82, 2.24) is 0 Å². The maximum atomic E-state index is 9.16. The van der Waals surface area contributed by atoms with E-state index in [9.17, 15) is 0 Å². The Bertz CT molecular complexity index is 180. The first kappa shape index (κ1) is 9.75. The Hall–Kier alpha value is -0.340. The summed E-state index contributed by atoms with van der Waals surface area (Å²) in [5.74, 6) is 0. The van der Waals surface area contributed by atoms with E-state index in [1.165, 1.54) is 5.57 Å². The van der Waals surface area contributed by atoms with Crippen LogP contribution in [0.1, 0.15) is 33.6 Å². The van der Waals surface area contributed by atoms with Crippen LogP contribution in [-0.2, 0) is 4.74 Å². The second-order valence-corrected chi connectivity index (χ2v) is 4.10. The van der Waals surface area contributed by atoms with Gasteiger partial charge in [0, 0.05) is 0 Å². The molecule has 0 aromatic heterocycles.